The summed E-state index contributed by atoms with van der Waals surface area (Å²) < 4.78 is 0. The zero-order chi connectivity index (χ0) is 16.9. The summed E-state index contributed by atoms with van der Waals surface area (Å²) in [6, 6.07) is 16.3. The molecule has 0 saturated carbocycles. The zero-order valence-corrected chi connectivity index (χ0v) is 14.0. The van der Waals surface area contributed by atoms with Crippen molar-refractivity contribution >= 4 is 29.1 Å². The third kappa shape index (κ3) is 3.95. The normalized spacial score (nSPS) is 15.1. The van der Waals surface area contributed by atoms with E-state index in [1.807, 2.05) is 30.3 Å². The van der Waals surface area contributed by atoms with Gasteiger partial charge in [0.2, 0.25) is 5.91 Å². The molecule has 0 aromatic heterocycles. The van der Waals surface area contributed by atoms with Gasteiger partial charge in [-0.15, -0.1) is 0 Å². The van der Waals surface area contributed by atoms with Crippen LogP contribution < -0.4 is 5.32 Å². The lowest BCUT2D eigenvalue weighted by Crippen LogP contribution is -2.41. The van der Waals surface area contributed by atoms with E-state index in [1.165, 1.54) is 0 Å². The summed E-state index contributed by atoms with van der Waals surface area (Å²) in [6.07, 6.45) is 1.36. The second kappa shape index (κ2) is 7.49. The van der Waals surface area contributed by atoms with Crippen molar-refractivity contribution in [3.05, 3.63) is 65.2 Å². The maximum absolute atomic E-state index is 12.5. The fourth-order valence-electron chi connectivity index (χ4n) is 2.89. The van der Waals surface area contributed by atoms with Gasteiger partial charge < -0.3 is 10.2 Å². The smallest absolute Gasteiger partial charge is 0.253 e. The third-order valence-electron chi connectivity index (χ3n) is 4.29. The SMILES string of the molecule is O=C(Nc1ccccc1)C1CCN(C(=O)c2ccc(Cl)cc2)CC1. The summed E-state index contributed by atoms with van der Waals surface area (Å²) in [5.74, 6) is -0.0344. The molecule has 0 spiro atoms. The van der Waals surface area contributed by atoms with Gasteiger partial charge in [-0.25, -0.2) is 0 Å². The third-order valence-corrected chi connectivity index (χ3v) is 4.54. The topological polar surface area (TPSA) is 49.4 Å². The van der Waals surface area contributed by atoms with E-state index in [-0.39, 0.29) is 17.7 Å². The van der Waals surface area contributed by atoms with Crippen LogP contribution in [-0.2, 0) is 4.79 Å². The van der Waals surface area contributed by atoms with Crippen molar-refractivity contribution in [2.75, 3.05) is 18.4 Å². The molecule has 1 N–H and O–H groups in total. The Morgan fingerprint density at radius 2 is 1.58 bits per heavy atom. The minimum atomic E-state index is -0.0560. The van der Waals surface area contributed by atoms with Crippen molar-refractivity contribution in [2.24, 2.45) is 5.92 Å². The first-order valence-corrected chi connectivity index (χ1v) is 8.42. The molecule has 4 nitrogen and oxygen atoms in total. The van der Waals surface area contributed by atoms with Gasteiger partial charge in [0.1, 0.15) is 0 Å². The molecule has 1 aliphatic rings. The monoisotopic (exact) mass is 342 g/mol. The Morgan fingerprint density at radius 3 is 2.21 bits per heavy atom. The number of hydrogen-bond acceptors (Lipinski definition) is 2. The molecular weight excluding hydrogens is 324 g/mol. The van der Waals surface area contributed by atoms with Crippen LogP contribution in [0.4, 0.5) is 5.69 Å². The Labute approximate surface area is 146 Å². The summed E-state index contributed by atoms with van der Waals surface area (Å²) in [5.41, 5.74) is 1.44. The van der Waals surface area contributed by atoms with Crippen LogP contribution >= 0.6 is 11.6 Å². The number of carbonyl (C=O) groups excluding carboxylic acids is 2. The van der Waals surface area contributed by atoms with Crippen LogP contribution in [0.25, 0.3) is 0 Å². The second-order valence-corrected chi connectivity index (χ2v) is 6.37. The highest BCUT2D eigenvalue weighted by atomic mass is 35.5. The number of nitrogens with zero attached hydrogens (tertiary/aromatic N) is 1. The number of hydrogen-bond donors (Lipinski definition) is 1. The van der Waals surface area contributed by atoms with Gasteiger partial charge in [0.15, 0.2) is 0 Å². The number of rotatable bonds is 3. The number of halogens is 1. The van der Waals surface area contributed by atoms with Gasteiger partial charge in [0.05, 0.1) is 0 Å². The predicted molar refractivity (Wildman–Crippen MR) is 95.2 cm³/mol. The minimum Gasteiger partial charge on any atom is -0.339 e. The van der Waals surface area contributed by atoms with Crippen molar-refractivity contribution in [3.63, 3.8) is 0 Å². The van der Waals surface area contributed by atoms with Crippen LogP contribution in [0.15, 0.2) is 54.6 Å². The van der Waals surface area contributed by atoms with Gasteiger partial charge in [-0.05, 0) is 49.2 Å². The molecule has 1 fully saturated rings. The number of likely N-dealkylation sites (tertiary alicyclic amines) is 1. The Balaban J connectivity index is 1.54. The summed E-state index contributed by atoms with van der Waals surface area (Å²) in [4.78, 5) is 26.6. The number of para-hydroxylation sites is 1. The summed E-state index contributed by atoms with van der Waals surface area (Å²) in [7, 11) is 0. The van der Waals surface area contributed by atoms with E-state index < -0.39 is 0 Å². The van der Waals surface area contributed by atoms with E-state index in [1.54, 1.807) is 29.2 Å². The molecule has 124 valence electrons. The molecule has 5 heteroatoms. The lowest BCUT2D eigenvalue weighted by Gasteiger charge is -2.31. The van der Waals surface area contributed by atoms with Crippen LogP contribution in [-0.4, -0.2) is 29.8 Å². The molecule has 1 saturated heterocycles. The quantitative estimate of drug-likeness (QED) is 0.921. The minimum absolute atomic E-state index is 0.00594. The van der Waals surface area contributed by atoms with Crippen LogP contribution in [0.3, 0.4) is 0 Å². The number of anilines is 1. The molecule has 24 heavy (non-hydrogen) atoms. The van der Waals surface area contributed by atoms with E-state index in [4.69, 9.17) is 11.6 Å². The van der Waals surface area contributed by atoms with Crippen molar-refractivity contribution in [2.45, 2.75) is 12.8 Å². The first kappa shape index (κ1) is 16.5. The maximum Gasteiger partial charge on any atom is 0.253 e. The molecule has 2 amide bonds. The van der Waals surface area contributed by atoms with Gasteiger partial charge in [-0.3, -0.25) is 9.59 Å². The maximum atomic E-state index is 12.5. The molecular formula is C19H19ClN2O2. The highest BCUT2D eigenvalue weighted by molar-refractivity contribution is 6.30. The molecule has 0 unspecified atom stereocenters. The molecule has 1 aliphatic heterocycles. The van der Waals surface area contributed by atoms with Crippen LogP contribution in [0, 0.1) is 5.92 Å². The molecule has 1 heterocycles. The van der Waals surface area contributed by atoms with Gasteiger partial charge in [0, 0.05) is 35.3 Å². The Kier molecular flexibility index (Phi) is 5.16. The van der Waals surface area contributed by atoms with E-state index >= 15 is 0 Å². The molecule has 0 bridgehead atoms. The zero-order valence-electron chi connectivity index (χ0n) is 13.2. The largest absolute Gasteiger partial charge is 0.339 e. The van der Waals surface area contributed by atoms with E-state index in [2.05, 4.69) is 5.32 Å². The summed E-state index contributed by atoms with van der Waals surface area (Å²) in [6.45, 7) is 1.18. The molecule has 2 aromatic carbocycles. The first-order chi connectivity index (χ1) is 11.6. The van der Waals surface area contributed by atoms with Gasteiger partial charge in [-0.1, -0.05) is 29.8 Å². The fraction of sp³-hybridized carbons (Fsp3) is 0.263. The Morgan fingerprint density at radius 1 is 0.958 bits per heavy atom. The fourth-order valence-corrected chi connectivity index (χ4v) is 3.01. The number of piperidine rings is 1. The molecule has 0 aliphatic carbocycles. The number of benzene rings is 2. The summed E-state index contributed by atoms with van der Waals surface area (Å²) >= 11 is 5.85. The van der Waals surface area contributed by atoms with Crippen molar-refractivity contribution in [1.82, 2.24) is 4.90 Å². The predicted octanol–water partition coefficient (Wildman–Crippen LogP) is 3.83. The molecule has 0 atom stereocenters. The molecule has 2 aromatic rings. The van der Waals surface area contributed by atoms with Crippen LogP contribution in [0.5, 0.6) is 0 Å². The number of nitrogens with one attached hydrogen (secondary N) is 1. The van der Waals surface area contributed by atoms with Crippen LogP contribution in [0.1, 0.15) is 23.2 Å². The Bertz CT molecular complexity index is 708. The van der Waals surface area contributed by atoms with Crippen molar-refractivity contribution in [1.29, 1.82) is 0 Å². The van der Waals surface area contributed by atoms with Crippen molar-refractivity contribution in [3.8, 4) is 0 Å². The highest BCUT2D eigenvalue weighted by Crippen LogP contribution is 2.21. The van der Waals surface area contributed by atoms with Gasteiger partial charge in [0.25, 0.3) is 5.91 Å². The van der Waals surface area contributed by atoms with Gasteiger partial charge >= 0.3 is 0 Å². The van der Waals surface area contributed by atoms with E-state index in [9.17, 15) is 9.59 Å². The van der Waals surface area contributed by atoms with E-state index in [0.717, 1.165) is 5.69 Å². The van der Waals surface area contributed by atoms with Gasteiger partial charge in [-0.2, -0.15) is 0 Å². The average Bonchev–Trinajstić information content (AvgIpc) is 2.63. The second-order valence-electron chi connectivity index (χ2n) is 5.93. The van der Waals surface area contributed by atoms with Crippen molar-refractivity contribution < 1.29 is 9.59 Å². The summed E-state index contributed by atoms with van der Waals surface area (Å²) in [5, 5.41) is 3.55. The lowest BCUT2D eigenvalue weighted by atomic mass is 9.95. The number of amides is 2. The van der Waals surface area contributed by atoms with Crippen LogP contribution in [0.2, 0.25) is 5.02 Å². The molecule has 0 radical (unpaired) electrons. The highest BCUT2D eigenvalue weighted by Gasteiger charge is 2.27. The lowest BCUT2D eigenvalue weighted by molar-refractivity contribution is -0.121. The van der Waals surface area contributed by atoms with E-state index in [0.29, 0.717) is 36.5 Å². The number of carbonyl (C=O) groups is 2. The Hall–Kier alpha value is -2.33. The first-order valence-electron chi connectivity index (χ1n) is 8.04. The standard InChI is InChI=1S/C19H19ClN2O2/c20-16-8-6-15(7-9-16)19(24)22-12-10-14(11-13-22)18(23)21-17-4-2-1-3-5-17/h1-9,14H,10-13H2,(H,21,23). The average molecular weight is 343 g/mol. The molecule has 3 rings (SSSR count).